The Labute approximate surface area is 74.9 Å². The molecule has 2 heteroatoms. The van der Waals surface area contributed by atoms with Crippen LogP contribution in [0.3, 0.4) is 0 Å². The summed E-state index contributed by atoms with van der Waals surface area (Å²) in [6.07, 6.45) is 5.63. The Hall–Kier alpha value is -0.0800. The van der Waals surface area contributed by atoms with Crippen LogP contribution in [0.4, 0.5) is 0 Å². The van der Waals surface area contributed by atoms with Crippen molar-refractivity contribution in [3.05, 3.63) is 0 Å². The van der Waals surface area contributed by atoms with Gasteiger partial charge in [0.25, 0.3) is 0 Å². The number of rotatable bonds is 4. The fourth-order valence-corrected chi connectivity index (χ4v) is 2.71. The van der Waals surface area contributed by atoms with Gasteiger partial charge in [-0.1, -0.05) is 0 Å². The zero-order valence-electron chi connectivity index (χ0n) is 7.96. The highest BCUT2D eigenvalue weighted by molar-refractivity contribution is 4.91. The normalized spacial score (nSPS) is 34.8. The van der Waals surface area contributed by atoms with Gasteiger partial charge in [-0.05, 0) is 31.6 Å². The van der Waals surface area contributed by atoms with Gasteiger partial charge in [-0.15, -0.1) is 0 Å². The van der Waals surface area contributed by atoms with Crippen molar-refractivity contribution in [1.29, 1.82) is 0 Å². The third-order valence-electron chi connectivity index (χ3n) is 3.32. The number of hydrogen-bond acceptors (Lipinski definition) is 2. The highest BCUT2D eigenvalue weighted by Gasteiger charge is 2.36. The van der Waals surface area contributed by atoms with Gasteiger partial charge in [0.2, 0.25) is 0 Å². The number of nitrogens with zero attached hydrogens (tertiary/aromatic N) is 1. The minimum Gasteiger partial charge on any atom is -0.385 e. The number of ether oxygens (including phenoxy) is 1. The maximum Gasteiger partial charge on any atom is 0.0474 e. The van der Waals surface area contributed by atoms with Crippen LogP contribution in [0.1, 0.15) is 25.7 Å². The summed E-state index contributed by atoms with van der Waals surface area (Å²) in [6.45, 7) is 3.55. The minimum absolute atomic E-state index is 0.924. The predicted molar refractivity (Wildman–Crippen MR) is 49.2 cm³/mol. The summed E-state index contributed by atoms with van der Waals surface area (Å²) in [5, 5.41) is 0. The monoisotopic (exact) mass is 169 g/mol. The molecular weight excluding hydrogens is 150 g/mol. The molecule has 0 aromatic carbocycles. The highest BCUT2D eigenvalue weighted by atomic mass is 16.5. The van der Waals surface area contributed by atoms with Crippen LogP contribution >= 0.6 is 0 Å². The molecule has 12 heavy (non-hydrogen) atoms. The van der Waals surface area contributed by atoms with Gasteiger partial charge >= 0.3 is 0 Å². The van der Waals surface area contributed by atoms with Crippen molar-refractivity contribution in [3.63, 3.8) is 0 Å². The van der Waals surface area contributed by atoms with Gasteiger partial charge < -0.3 is 9.64 Å². The third kappa shape index (κ3) is 1.64. The van der Waals surface area contributed by atoms with Crippen LogP contribution in [0.25, 0.3) is 0 Å². The zero-order valence-corrected chi connectivity index (χ0v) is 7.96. The van der Waals surface area contributed by atoms with E-state index in [0.29, 0.717) is 0 Å². The number of likely N-dealkylation sites (tertiary alicyclic amines) is 1. The molecule has 0 radical (unpaired) electrons. The van der Waals surface area contributed by atoms with E-state index in [2.05, 4.69) is 4.90 Å². The molecule has 2 fully saturated rings. The van der Waals surface area contributed by atoms with E-state index in [4.69, 9.17) is 4.74 Å². The van der Waals surface area contributed by atoms with Crippen molar-refractivity contribution in [2.24, 2.45) is 5.92 Å². The van der Waals surface area contributed by atoms with Crippen molar-refractivity contribution in [2.75, 3.05) is 26.8 Å². The van der Waals surface area contributed by atoms with E-state index < -0.39 is 0 Å². The SMILES string of the molecule is COCCCN1CC2CCC1C2. The Bertz CT molecular complexity index is 149. The Morgan fingerprint density at radius 3 is 2.92 bits per heavy atom. The van der Waals surface area contributed by atoms with Crippen molar-refractivity contribution < 1.29 is 4.74 Å². The fraction of sp³-hybridized carbons (Fsp3) is 1.00. The summed E-state index contributed by atoms with van der Waals surface area (Å²) in [5.41, 5.74) is 0. The molecule has 2 nitrogen and oxygen atoms in total. The van der Waals surface area contributed by atoms with Gasteiger partial charge in [0.05, 0.1) is 0 Å². The van der Waals surface area contributed by atoms with Gasteiger partial charge in [-0.25, -0.2) is 0 Å². The molecule has 0 spiro atoms. The molecule has 1 heterocycles. The second kappa shape index (κ2) is 3.75. The van der Waals surface area contributed by atoms with Gasteiger partial charge in [-0.2, -0.15) is 0 Å². The van der Waals surface area contributed by atoms with Crippen LogP contribution in [-0.4, -0.2) is 37.7 Å². The van der Waals surface area contributed by atoms with Gasteiger partial charge in [-0.3, -0.25) is 0 Å². The first-order valence-corrected chi connectivity index (χ1v) is 5.13. The quantitative estimate of drug-likeness (QED) is 0.591. The summed E-state index contributed by atoms with van der Waals surface area (Å²) in [6, 6.07) is 0.937. The van der Waals surface area contributed by atoms with Gasteiger partial charge in [0.1, 0.15) is 0 Å². The summed E-state index contributed by atoms with van der Waals surface area (Å²) < 4.78 is 5.06. The molecule has 2 aliphatic rings. The molecule has 70 valence electrons. The first kappa shape index (κ1) is 8.52. The first-order chi connectivity index (χ1) is 5.90. The van der Waals surface area contributed by atoms with Crippen LogP contribution in [-0.2, 0) is 4.74 Å². The van der Waals surface area contributed by atoms with Crippen molar-refractivity contribution in [3.8, 4) is 0 Å². The number of hydrogen-bond donors (Lipinski definition) is 0. The highest BCUT2D eigenvalue weighted by Crippen LogP contribution is 2.37. The second-order valence-electron chi connectivity index (χ2n) is 4.17. The second-order valence-corrected chi connectivity index (χ2v) is 4.17. The van der Waals surface area contributed by atoms with Gasteiger partial charge in [0.15, 0.2) is 0 Å². The molecule has 1 aliphatic heterocycles. The number of fused-ring (bicyclic) bond motifs is 2. The van der Waals surface area contributed by atoms with E-state index in [-0.39, 0.29) is 0 Å². The lowest BCUT2D eigenvalue weighted by Crippen LogP contribution is -2.33. The van der Waals surface area contributed by atoms with E-state index in [1.165, 1.54) is 38.8 Å². The number of methoxy groups -OCH3 is 1. The van der Waals surface area contributed by atoms with Crippen LogP contribution in [0.2, 0.25) is 0 Å². The molecule has 2 bridgehead atoms. The largest absolute Gasteiger partial charge is 0.385 e. The first-order valence-electron chi connectivity index (χ1n) is 5.13. The van der Waals surface area contributed by atoms with Gasteiger partial charge in [0, 0.05) is 32.8 Å². The molecular formula is C10H19NO. The van der Waals surface area contributed by atoms with E-state index in [1.54, 1.807) is 7.11 Å². The Balaban J connectivity index is 1.69. The molecule has 0 amide bonds. The van der Waals surface area contributed by atoms with E-state index >= 15 is 0 Å². The predicted octanol–water partition coefficient (Wildman–Crippen LogP) is 1.51. The van der Waals surface area contributed by atoms with E-state index in [0.717, 1.165) is 18.6 Å². The lowest BCUT2D eigenvalue weighted by atomic mass is 10.1. The summed E-state index contributed by atoms with van der Waals surface area (Å²) >= 11 is 0. The topological polar surface area (TPSA) is 12.5 Å². The third-order valence-corrected chi connectivity index (χ3v) is 3.32. The lowest BCUT2D eigenvalue weighted by molar-refractivity contribution is 0.156. The summed E-state index contributed by atoms with van der Waals surface area (Å²) in [7, 11) is 1.79. The molecule has 0 aromatic heterocycles. The van der Waals surface area contributed by atoms with Crippen LogP contribution in [0.15, 0.2) is 0 Å². The smallest absolute Gasteiger partial charge is 0.0474 e. The fourth-order valence-electron chi connectivity index (χ4n) is 2.71. The van der Waals surface area contributed by atoms with Crippen LogP contribution in [0, 0.1) is 5.92 Å². The Morgan fingerprint density at radius 1 is 1.42 bits per heavy atom. The maximum atomic E-state index is 5.06. The van der Waals surface area contributed by atoms with E-state index in [9.17, 15) is 0 Å². The summed E-state index contributed by atoms with van der Waals surface area (Å²) in [5.74, 6) is 1.04. The summed E-state index contributed by atoms with van der Waals surface area (Å²) in [4.78, 5) is 2.66. The van der Waals surface area contributed by atoms with Crippen LogP contribution < -0.4 is 0 Å². The van der Waals surface area contributed by atoms with E-state index in [1.807, 2.05) is 0 Å². The molecule has 2 rings (SSSR count). The Morgan fingerprint density at radius 2 is 2.33 bits per heavy atom. The average molecular weight is 169 g/mol. The minimum atomic E-state index is 0.924. The molecule has 1 saturated heterocycles. The van der Waals surface area contributed by atoms with Crippen molar-refractivity contribution in [2.45, 2.75) is 31.7 Å². The Kier molecular flexibility index (Phi) is 2.66. The lowest BCUT2D eigenvalue weighted by Gasteiger charge is -2.26. The molecule has 1 aliphatic carbocycles. The maximum absolute atomic E-state index is 5.06. The standard InChI is InChI=1S/C10H19NO/c1-12-6-2-5-11-8-9-3-4-10(11)7-9/h9-10H,2-8H2,1H3. The molecule has 0 N–H and O–H groups in total. The average Bonchev–Trinajstić information content (AvgIpc) is 2.65. The van der Waals surface area contributed by atoms with Crippen LogP contribution in [0.5, 0.6) is 0 Å². The molecule has 2 unspecified atom stereocenters. The molecule has 2 atom stereocenters. The van der Waals surface area contributed by atoms with Crippen molar-refractivity contribution >= 4 is 0 Å². The zero-order chi connectivity index (χ0) is 8.39. The van der Waals surface area contributed by atoms with Crippen molar-refractivity contribution in [1.82, 2.24) is 4.90 Å². The molecule has 1 saturated carbocycles. The molecule has 0 aromatic rings. The number of piperidine rings is 1.